The van der Waals surface area contributed by atoms with E-state index in [1.807, 2.05) is 34.8 Å². The van der Waals surface area contributed by atoms with Gasteiger partial charge in [-0.25, -0.2) is 26.7 Å². The van der Waals surface area contributed by atoms with Crippen LogP contribution in [0.4, 0.5) is 10.2 Å². The predicted octanol–water partition coefficient (Wildman–Crippen LogP) is 5.87. The van der Waals surface area contributed by atoms with Gasteiger partial charge in [-0.3, -0.25) is 14.4 Å². The quantitative estimate of drug-likeness (QED) is 0.198. The van der Waals surface area contributed by atoms with Crippen molar-refractivity contribution in [3.63, 3.8) is 0 Å². The van der Waals surface area contributed by atoms with E-state index in [0.29, 0.717) is 39.9 Å². The van der Waals surface area contributed by atoms with Gasteiger partial charge in [0, 0.05) is 103 Å². The largest absolute Gasteiger partial charge is 0.508 e. The van der Waals surface area contributed by atoms with Crippen molar-refractivity contribution in [1.29, 1.82) is 5.26 Å². The van der Waals surface area contributed by atoms with Crippen LogP contribution in [0.15, 0.2) is 90.3 Å². The molecule has 4 saturated heterocycles. The number of hydrogen-bond acceptors (Lipinski definition) is 10. The molecule has 13 nitrogen and oxygen atoms in total. The first kappa shape index (κ1) is 36.2. The van der Waals surface area contributed by atoms with Crippen LogP contribution >= 0.6 is 0 Å². The van der Waals surface area contributed by atoms with Crippen LogP contribution in [0.1, 0.15) is 48.9 Å². The number of benzene rings is 2. The minimum absolute atomic E-state index is 0.0884. The number of carbonyl (C=O) groups excluding carboxylic acids is 1. The number of phenolic OH excluding ortho intramolecular Hbond substituents is 1. The number of piperazine rings is 1. The number of nitrogens with zero attached hydrogens (tertiary/aromatic N) is 9. The Morgan fingerprint density at radius 3 is 2.41 bits per heavy atom. The molecule has 1 aliphatic carbocycles. The maximum absolute atomic E-state index is 14.6. The summed E-state index contributed by atoms with van der Waals surface area (Å²) >= 11 is 0. The van der Waals surface area contributed by atoms with Crippen molar-refractivity contribution >= 4 is 32.8 Å². The van der Waals surface area contributed by atoms with E-state index < -0.39 is 10.0 Å². The smallest absolute Gasteiger partial charge is 0.269 e. The molecular formula is C43H40FN9O4S. The van der Waals surface area contributed by atoms with E-state index in [4.69, 9.17) is 10.1 Å². The maximum Gasteiger partial charge on any atom is 0.269 e. The van der Waals surface area contributed by atoms with Gasteiger partial charge < -0.3 is 14.9 Å². The summed E-state index contributed by atoms with van der Waals surface area (Å²) in [5.41, 5.74) is 4.22. The Morgan fingerprint density at radius 1 is 0.966 bits per heavy atom. The zero-order chi connectivity index (χ0) is 40.1. The van der Waals surface area contributed by atoms with Gasteiger partial charge in [-0.15, -0.1) is 0 Å². The highest BCUT2D eigenvalue weighted by molar-refractivity contribution is 7.90. The molecule has 11 rings (SSSR count). The molecular weight excluding hydrogens is 758 g/mol. The van der Waals surface area contributed by atoms with E-state index in [1.54, 1.807) is 49.6 Å². The number of amides is 1. The zero-order valence-electron chi connectivity index (χ0n) is 32.0. The second-order valence-corrected chi connectivity index (χ2v) is 18.2. The molecule has 2 unspecified atom stereocenters. The monoisotopic (exact) mass is 797 g/mol. The number of aryl methyl sites for hydroxylation is 1. The molecule has 1 amide bonds. The fraction of sp³-hybridized carbons (Fsp3) is 0.326. The lowest BCUT2D eigenvalue weighted by atomic mass is 9.60. The van der Waals surface area contributed by atoms with Crippen LogP contribution in [-0.4, -0.2) is 91.2 Å². The van der Waals surface area contributed by atoms with Gasteiger partial charge in [0.25, 0.3) is 10.0 Å². The van der Waals surface area contributed by atoms with Gasteiger partial charge in [-0.2, -0.15) is 10.4 Å². The number of nitriles is 1. The topological polar surface area (TPSA) is 153 Å². The Hall–Kier alpha value is -6.11. The highest BCUT2D eigenvalue weighted by Gasteiger charge is 2.54. The molecule has 294 valence electrons. The minimum Gasteiger partial charge on any atom is -0.508 e. The summed E-state index contributed by atoms with van der Waals surface area (Å²) in [5.74, 6) is 0.581. The van der Waals surface area contributed by atoms with E-state index in [9.17, 15) is 28.0 Å². The first-order valence-electron chi connectivity index (χ1n) is 19.4. The van der Waals surface area contributed by atoms with E-state index in [0.717, 1.165) is 56.8 Å². The molecule has 2 aromatic carbocycles. The number of likely N-dealkylation sites (tertiary alicyclic amines) is 1. The van der Waals surface area contributed by atoms with Gasteiger partial charge in [0.05, 0.1) is 28.4 Å². The van der Waals surface area contributed by atoms with Crippen molar-refractivity contribution < 1.29 is 22.7 Å². The van der Waals surface area contributed by atoms with Gasteiger partial charge in [0.15, 0.2) is 5.65 Å². The molecule has 5 aliphatic rings. The molecule has 4 aromatic heterocycles. The number of fused-ring (bicyclic) bond motifs is 3. The molecule has 1 saturated carbocycles. The van der Waals surface area contributed by atoms with E-state index in [-0.39, 0.29) is 57.1 Å². The highest BCUT2D eigenvalue weighted by Crippen LogP contribution is 2.54. The lowest BCUT2D eigenvalue weighted by Crippen LogP contribution is -2.68. The fourth-order valence-electron chi connectivity index (χ4n) is 9.55. The van der Waals surface area contributed by atoms with Gasteiger partial charge in [-0.05, 0) is 74.7 Å². The zero-order valence-corrected chi connectivity index (χ0v) is 32.8. The Labute approximate surface area is 334 Å². The fourth-order valence-corrected chi connectivity index (χ4v) is 11.0. The number of anilines is 1. The molecule has 4 aliphatic heterocycles. The van der Waals surface area contributed by atoms with Crippen LogP contribution in [-0.2, 0) is 21.4 Å². The van der Waals surface area contributed by atoms with Crippen LogP contribution < -0.4 is 4.90 Å². The number of aromatic hydroxyl groups is 1. The summed E-state index contributed by atoms with van der Waals surface area (Å²) in [6.07, 6.45) is 9.47. The molecule has 6 aromatic rings. The number of carbonyl (C=O) groups is 1. The van der Waals surface area contributed by atoms with Crippen molar-refractivity contribution in [2.45, 2.75) is 62.7 Å². The number of pyridine rings is 2. The summed E-state index contributed by atoms with van der Waals surface area (Å²) < 4.78 is 46.3. The van der Waals surface area contributed by atoms with Crippen LogP contribution in [0.25, 0.3) is 33.4 Å². The van der Waals surface area contributed by atoms with Gasteiger partial charge >= 0.3 is 0 Å². The average Bonchev–Trinajstić information content (AvgIpc) is 3.83. The van der Waals surface area contributed by atoms with Crippen molar-refractivity contribution in [1.82, 2.24) is 33.5 Å². The van der Waals surface area contributed by atoms with Crippen molar-refractivity contribution in [2.75, 3.05) is 31.1 Å². The summed E-state index contributed by atoms with van der Waals surface area (Å²) in [7, 11) is -4.18. The lowest BCUT2D eigenvalue weighted by Gasteiger charge is -2.58. The van der Waals surface area contributed by atoms with E-state index in [2.05, 4.69) is 20.9 Å². The standard InChI is InChI=1S/C43H40FN9O4S/c1-26-3-7-36(8-4-26)58(56,57)53-38(31-19-48-52(21-31)35-14-43(15-35)24-50(25-43)27(2)54)13-37-41(30(16-45)18-47-42(37)53)28-5-10-40(46-17-28)49-22-33-12-34(23-49)51(33)20-29-11-32(44)6-9-39(29)55/h3-11,13,17-19,21,33-35,55H,12,14-15,20,22-25H2,1-2H3. The van der Waals surface area contributed by atoms with Gasteiger partial charge in [-0.1, -0.05) is 17.7 Å². The Balaban J connectivity index is 0.978. The second-order valence-electron chi connectivity index (χ2n) is 16.5. The summed E-state index contributed by atoms with van der Waals surface area (Å²) in [6, 6.07) is 19.2. The third-order valence-corrected chi connectivity index (χ3v) is 14.4. The molecule has 1 spiro atoms. The molecule has 5 fully saturated rings. The number of halogens is 1. The molecule has 0 radical (unpaired) electrons. The second kappa shape index (κ2) is 13.2. The maximum atomic E-state index is 14.6. The number of rotatable bonds is 8. The third-order valence-electron chi connectivity index (χ3n) is 12.7. The van der Waals surface area contributed by atoms with Gasteiger partial charge in [0.2, 0.25) is 5.91 Å². The Bertz CT molecular complexity index is 2770. The average molecular weight is 798 g/mol. The summed E-state index contributed by atoms with van der Waals surface area (Å²) in [5, 5.41) is 25.8. The highest BCUT2D eigenvalue weighted by atomic mass is 32.2. The van der Waals surface area contributed by atoms with E-state index in [1.165, 1.54) is 28.4 Å². The predicted molar refractivity (Wildman–Crippen MR) is 214 cm³/mol. The van der Waals surface area contributed by atoms with E-state index >= 15 is 0 Å². The van der Waals surface area contributed by atoms with Crippen LogP contribution in [0.2, 0.25) is 0 Å². The van der Waals surface area contributed by atoms with Crippen LogP contribution in [0.5, 0.6) is 5.75 Å². The summed E-state index contributed by atoms with van der Waals surface area (Å²) in [6.45, 7) is 6.91. The summed E-state index contributed by atoms with van der Waals surface area (Å²) in [4.78, 5) is 27.7. The number of phenols is 1. The lowest BCUT2D eigenvalue weighted by molar-refractivity contribution is -0.151. The Kier molecular flexibility index (Phi) is 8.26. The first-order valence-corrected chi connectivity index (χ1v) is 20.8. The van der Waals surface area contributed by atoms with Crippen molar-refractivity contribution in [3.05, 3.63) is 108 Å². The molecule has 58 heavy (non-hydrogen) atoms. The first-order chi connectivity index (χ1) is 27.9. The third kappa shape index (κ3) is 5.84. The normalized spacial score (nSPS) is 20.1. The number of piperidine rings is 1. The van der Waals surface area contributed by atoms with Gasteiger partial charge in [0.1, 0.15) is 23.5 Å². The molecule has 1 N–H and O–H groups in total. The SMILES string of the molecule is CC(=O)N1CC2(CC(n3cc(-c4cc5c(-c6ccc(N7CC8CC(C7)N8Cc7cc(F)ccc7O)nc6)c(C#N)cnc5n4S(=O)(=O)c4ccc(C)cc4)cn3)C2)C1. The molecule has 2 bridgehead atoms. The van der Waals surface area contributed by atoms with Crippen LogP contribution in [0.3, 0.4) is 0 Å². The van der Waals surface area contributed by atoms with Crippen LogP contribution in [0, 0.1) is 29.5 Å². The molecule has 2 atom stereocenters. The van der Waals surface area contributed by atoms with Crippen molar-refractivity contribution in [2.24, 2.45) is 5.41 Å². The number of hydrogen-bond donors (Lipinski definition) is 1. The van der Waals surface area contributed by atoms with Crippen molar-refractivity contribution in [3.8, 4) is 34.2 Å². The Morgan fingerprint density at radius 2 is 1.72 bits per heavy atom. The molecule has 15 heteroatoms. The number of aromatic nitrogens is 5. The minimum atomic E-state index is -4.18. The molecule has 8 heterocycles.